The summed E-state index contributed by atoms with van der Waals surface area (Å²) in [6.45, 7) is 0.698. The number of carbonyl (C=O) groups excluding carboxylic acids is 1. The highest BCUT2D eigenvalue weighted by molar-refractivity contribution is 9.10. The van der Waals surface area contributed by atoms with E-state index < -0.39 is 5.82 Å². The summed E-state index contributed by atoms with van der Waals surface area (Å²) in [4.78, 5) is 28.3. The lowest BCUT2D eigenvalue weighted by Gasteiger charge is -2.47. The van der Waals surface area contributed by atoms with E-state index in [1.54, 1.807) is 24.7 Å². The maximum absolute atomic E-state index is 14.0. The molecule has 156 valence electrons. The molecule has 3 aromatic rings. The van der Waals surface area contributed by atoms with Crippen molar-refractivity contribution in [2.75, 3.05) is 6.54 Å². The van der Waals surface area contributed by atoms with Gasteiger partial charge in [0, 0.05) is 46.7 Å². The van der Waals surface area contributed by atoms with Crippen molar-refractivity contribution < 1.29 is 13.9 Å². The Kier molecular flexibility index (Phi) is 4.15. The maximum atomic E-state index is 14.0. The van der Waals surface area contributed by atoms with Gasteiger partial charge < -0.3 is 9.64 Å². The lowest BCUT2D eigenvalue weighted by molar-refractivity contribution is -0.0345. The minimum absolute atomic E-state index is 0.00467. The smallest absolute Gasteiger partial charge is 0.255 e. The Labute approximate surface area is 186 Å². The summed E-state index contributed by atoms with van der Waals surface area (Å²) in [5.41, 5.74) is 0.988. The van der Waals surface area contributed by atoms with Crippen molar-refractivity contribution in [2.24, 2.45) is 11.3 Å². The molecule has 2 aliphatic carbocycles. The van der Waals surface area contributed by atoms with Crippen molar-refractivity contribution in [1.29, 1.82) is 0 Å². The molecule has 0 bridgehead atoms. The lowest BCUT2D eigenvalue weighted by atomic mass is 9.73. The molecule has 1 amide bonds. The summed E-state index contributed by atoms with van der Waals surface area (Å²) in [6.07, 6.45) is 6.84. The molecule has 8 heteroatoms. The Morgan fingerprint density at radius 3 is 2.77 bits per heavy atom. The molecule has 2 aromatic heterocycles. The van der Waals surface area contributed by atoms with E-state index in [1.165, 1.54) is 18.2 Å². The Bertz CT molecular complexity index is 1180. The van der Waals surface area contributed by atoms with Crippen LogP contribution in [-0.4, -0.2) is 44.4 Å². The van der Waals surface area contributed by atoms with Crippen LogP contribution in [0.2, 0.25) is 0 Å². The zero-order chi connectivity index (χ0) is 21.2. The van der Waals surface area contributed by atoms with Gasteiger partial charge in [0.2, 0.25) is 5.88 Å². The quantitative estimate of drug-likeness (QED) is 0.561. The number of ether oxygens (including phenoxy) is 1. The molecule has 1 aliphatic heterocycles. The fourth-order valence-corrected chi connectivity index (χ4v) is 5.55. The number of nitrogens with zero attached hydrogens (tertiary/aromatic N) is 4. The number of hydrogen-bond acceptors (Lipinski definition) is 5. The van der Waals surface area contributed by atoms with Gasteiger partial charge in [0.05, 0.1) is 11.6 Å². The Morgan fingerprint density at radius 2 is 2.00 bits per heavy atom. The van der Waals surface area contributed by atoms with E-state index in [-0.39, 0.29) is 23.5 Å². The third kappa shape index (κ3) is 2.96. The second kappa shape index (κ2) is 6.82. The second-order valence-corrected chi connectivity index (χ2v) is 9.39. The molecule has 4 atom stereocenters. The van der Waals surface area contributed by atoms with Crippen molar-refractivity contribution in [2.45, 2.75) is 25.0 Å². The molecular weight excluding hydrogens is 463 g/mol. The number of rotatable bonds is 4. The summed E-state index contributed by atoms with van der Waals surface area (Å²) < 4.78 is 21.1. The fraction of sp³-hybridized carbons (Fsp3) is 0.304. The van der Waals surface area contributed by atoms with Crippen LogP contribution < -0.4 is 4.74 Å². The summed E-state index contributed by atoms with van der Waals surface area (Å²) in [6, 6.07) is 9.58. The highest BCUT2D eigenvalue weighted by atomic mass is 79.9. The van der Waals surface area contributed by atoms with Crippen molar-refractivity contribution in [3.8, 4) is 17.3 Å². The van der Waals surface area contributed by atoms with Gasteiger partial charge in [0.15, 0.2) is 5.82 Å². The first-order valence-corrected chi connectivity index (χ1v) is 11.0. The monoisotopic (exact) mass is 480 g/mol. The van der Waals surface area contributed by atoms with E-state index >= 15 is 0 Å². The molecule has 0 N–H and O–H groups in total. The first-order chi connectivity index (χ1) is 15.0. The SMILES string of the molecule is O=C(c1ccc(F)cc1-c1ncccn1)N1CC2CC23CC(Oc2ccc(Br)cn2)C13. The van der Waals surface area contributed by atoms with Crippen LogP contribution in [0, 0.1) is 17.2 Å². The van der Waals surface area contributed by atoms with Gasteiger partial charge in [-0.2, -0.15) is 0 Å². The van der Waals surface area contributed by atoms with Gasteiger partial charge in [0.1, 0.15) is 11.9 Å². The van der Waals surface area contributed by atoms with E-state index in [4.69, 9.17) is 4.74 Å². The van der Waals surface area contributed by atoms with Gasteiger partial charge in [-0.3, -0.25) is 4.79 Å². The highest BCUT2D eigenvalue weighted by Crippen LogP contribution is 2.71. The normalized spacial score (nSPS) is 27.8. The summed E-state index contributed by atoms with van der Waals surface area (Å²) in [7, 11) is 0. The summed E-state index contributed by atoms with van der Waals surface area (Å²) in [5.74, 6) is 0.850. The van der Waals surface area contributed by atoms with Gasteiger partial charge in [-0.1, -0.05) is 0 Å². The van der Waals surface area contributed by atoms with E-state index in [2.05, 4.69) is 30.9 Å². The molecule has 3 fully saturated rings. The van der Waals surface area contributed by atoms with Crippen molar-refractivity contribution in [1.82, 2.24) is 19.9 Å². The molecule has 31 heavy (non-hydrogen) atoms. The third-order valence-corrected chi connectivity index (χ3v) is 7.28. The van der Waals surface area contributed by atoms with E-state index in [1.807, 2.05) is 17.0 Å². The average molecular weight is 481 g/mol. The van der Waals surface area contributed by atoms with Gasteiger partial charge >= 0.3 is 0 Å². The van der Waals surface area contributed by atoms with Crippen molar-refractivity contribution >= 4 is 21.8 Å². The Hall–Kier alpha value is -2.87. The lowest BCUT2D eigenvalue weighted by Crippen LogP contribution is -2.59. The molecule has 1 spiro atoms. The maximum Gasteiger partial charge on any atom is 0.255 e. The number of likely N-dealkylation sites (tertiary alicyclic amines) is 1. The van der Waals surface area contributed by atoms with Crippen LogP contribution in [0.15, 0.2) is 59.5 Å². The number of aromatic nitrogens is 3. The zero-order valence-corrected chi connectivity index (χ0v) is 18.0. The average Bonchev–Trinajstić information content (AvgIpc) is 3.43. The Morgan fingerprint density at radius 1 is 1.16 bits per heavy atom. The van der Waals surface area contributed by atoms with Crippen LogP contribution in [0.1, 0.15) is 23.2 Å². The number of amides is 1. The van der Waals surface area contributed by atoms with Crippen LogP contribution in [0.5, 0.6) is 5.88 Å². The predicted molar refractivity (Wildman–Crippen MR) is 114 cm³/mol. The number of piperidine rings is 1. The number of hydrogen-bond donors (Lipinski definition) is 0. The topological polar surface area (TPSA) is 68.2 Å². The van der Waals surface area contributed by atoms with Gasteiger partial charge in [-0.25, -0.2) is 19.3 Å². The van der Waals surface area contributed by atoms with E-state index in [0.717, 1.165) is 17.3 Å². The van der Waals surface area contributed by atoms with Crippen LogP contribution in [-0.2, 0) is 0 Å². The van der Waals surface area contributed by atoms with Crippen molar-refractivity contribution in [3.63, 3.8) is 0 Å². The van der Waals surface area contributed by atoms with E-state index in [0.29, 0.717) is 35.3 Å². The molecule has 6 rings (SSSR count). The van der Waals surface area contributed by atoms with Crippen molar-refractivity contribution in [3.05, 3.63) is 70.8 Å². The minimum atomic E-state index is -0.425. The first-order valence-electron chi connectivity index (χ1n) is 10.2. The largest absolute Gasteiger partial charge is 0.472 e. The molecule has 6 nitrogen and oxygen atoms in total. The van der Waals surface area contributed by atoms with Crippen LogP contribution in [0.3, 0.4) is 0 Å². The van der Waals surface area contributed by atoms with E-state index in [9.17, 15) is 9.18 Å². The summed E-state index contributed by atoms with van der Waals surface area (Å²) in [5, 5.41) is 0. The highest BCUT2D eigenvalue weighted by Gasteiger charge is 2.76. The van der Waals surface area contributed by atoms with Crippen LogP contribution in [0.25, 0.3) is 11.4 Å². The zero-order valence-electron chi connectivity index (χ0n) is 16.4. The minimum Gasteiger partial charge on any atom is -0.472 e. The molecule has 1 saturated heterocycles. The fourth-order valence-electron chi connectivity index (χ4n) is 5.32. The van der Waals surface area contributed by atoms with Crippen LogP contribution >= 0.6 is 15.9 Å². The molecular formula is C23H18BrFN4O2. The van der Waals surface area contributed by atoms with Gasteiger partial charge in [-0.15, -0.1) is 0 Å². The number of benzene rings is 1. The number of pyridine rings is 1. The van der Waals surface area contributed by atoms with Gasteiger partial charge in [0.25, 0.3) is 5.91 Å². The van der Waals surface area contributed by atoms with Crippen LogP contribution in [0.4, 0.5) is 4.39 Å². The number of carbonyl (C=O) groups is 1. The standard InChI is InChI=1S/C23H18BrFN4O2/c24-14-2-5-19(28-11-14)31-18-10-23-9-13(23)12-29(20(18)23)22(30)16-4-3-15(25)8-17(16)21-26-6-1-7-27-21/h1-8,11,13,18,20H,9-10,12H2. The predicted octanol–water partition coefficient (Wildman–Crippen LogP) is 4.12. The molecule has 0 radical (unpaired) electrons. The molecule has 2 saturated carbocycles. The molecule has 1 aromatic carbocycles. The molecule has 4 unspecified atom stereocenters. The molecule has 3 aliphatic rings. The first kappa shape index (κ1) is 18.9. The number of halogens is 2. The van der Waals surface area contributed by atoms with Gasteiger partial charge in [-0.05, 0) is 65.0 Å². The molecule has 3 heterocycles. The third-order valence-electron chi connectivity index (χ3n) is 6.81. The summed E-state index contributed by atoms with van der Waals surface area (Å²) >= 11 is 3.38. The second-order valence-electron chi connectivity index (χ2n) is 8.47. The Balaban J connectivity index is 1.30.